The van der Waals surface area contributed by atoms with Crippen molar-refractivity contribution in [1.82, 2.24) is 5.32 Å². The van der Waals surface area contributed by atoms with Crippen LogP contribution in [0.15, 0.2) is 78.9 Å². The molecular formula is C29H34N2O3. The third kappa shape index (κ3) is 7.09. The van der Waals surface area contributed by atoms with E-state index in [1.165, 1.54) is 4.90 Å². The third-order valence-corrected chi connectivity index (χ3v) is 5.55. The Morgan fingerprint density at radius 1 is 1.00 bits per heavy atom. The van der Waals surface area contributed by atoms with Gasteiger partial charge in [-0.1, -0.05) is 72.8 Å². The van der Waals surface area contributed by atoms with Gasteiger partial charge in [-0.2, -0.15) is 0 Å². The van der Waals surface area contributed by atoms with E-state index < -0.39 is 25.5 Å². The highest BCUT2D eigenvalue weighted by atomic mass is 16.5. The fourth-order valence-electron chi connectivity index (χ4n) is 3.89. The number of nitrogens with one attached hydrogen (secondary N) is 1. The highest BCUT2D eigenvalue weighted by molar-refractivity contribution is 5.67. The van der Waals surface area contributed by atoms with Gasteiger partial charge in [0, 0.05) is 36.8 Å². The number of hydrogen-bond donors (Lipinski definition) is 1. The van der Waals surface area contributed by atoms with Crippen LogP contribution in [0.1, 0.15) is 43.8 Å². The Balaban J connectivity index is 1.38. The molecular weight excluding hydrogens is 424 g/mol. The highest BCUT2D eigenvalue weighted by Gasteiger charge is 2.19. The van der Waals surface area contributed by atoms with E-state index in [0.717, 1.165) is 16.7 Å². The van der Waals surface area contributed by atoms with Crippen LogP contribution in [0.4, 0.5) is 10.5 Å². The number of rotatable bonds is 11. The Morgan fingerprint density at radius 2 is 1.71 bits per heavy atom. The standard InChI is InChI=1S/C29H34N2O3/c1-23(30-29(32)34-22-25-11-6-3-7-12-25)19-26-13-14-28-27(20-26)15-17-31(28)16-8-18-33-21-24-9-4-2-5-10-24/h2-7,9-14,20,23H,8,15-19,21-22H2,1H3,(H,30,32)/t23-/m1/s1/i8D2,16D2,18D2. The lowest BCUT2D eigenvalue weighted by molar-refractivity contribution is 0.119. The van der Waals surface area contributed by atoms with Gasteiger partial charge in [0.1, 0.15) is 6.61 Å². The molecule has 34 heavy (non-hydrogen) atoms. The van der Waals surface area contributed by atoms with Crippen LogP contribution in [0, 0.1) is 0 Å². The summed E-state index contributed by atoms with van der Waals surface area (Å²) in [6, 6.07) is 23.5. The van der Waals surface area contributed by atoms with Gasteiger partial charge >= 0.3 is 6.09 Å². The van der Waals surface area contributed by atoms with Gasteiger partial charge in [-0.3, -0.25) is 0 Å². The monoisotopic (exact) mass is 464 g/mol. The molecule has 0 bridgehead atoms. The molecule has 1 N–H and O–H groups in total. The van der Waals surface area contributed by atoms with Crippen LogP contribution >= 0.6 is 0 Å². The number of carbonyl (C=O) groups excluding carboxylic acids is 1. The lowest BCUT2D eigenvalue weighted by atomic mass is 10.0. The van der Waals surface area contributed by atoms with Gasteiger partial charge in [0.25, 0.3) is 0 Å². The summed E-state index contributed by atoms with van der Waals surface area (Å²) in [5, 5.41) is 2.82. The fourth-order valence-corrected chi connectivity index (χ4v) is 3.89. The molecule has 0 fully saturated rings. The van der Waals surface area contributed by atoms with E-state index in [9.17, 15) is 4.79 Å². The molecule has 0 saturated carbocycles. The molecule has 4 rings (SSSR count). The summed E-state index contributed by atoms with van der Waals surface area (Å²) in [4.78, 5) is 13.5. The Bertz CT molecular complexity index is 1290. The Labute approximate surface area is 211 Å². The number of nitrogens with zero attached hydrogens (tertiary/aromatic N) is 1. The first-order valence-corrected chi connectivity index (χ1v) is 11.5. The van der Waals surface area contributed by atoms with Gasteiger partial charge < -0.3 is 19.7 Å². The maximum absolute atomic E-state index is 12.2. The molecule has 0 unspecified atom stereocenters. The van der Waals surface area contributed by atoms with E-state index in [2.05, 4.69) is 5.32 Å². The first-order chi connectivity index (χ1) is 18.9. The third-order valence-electron chi connectivity index (χ3n) is 5.55. The molecule has 0 aromatic heterocycles. The molecule has 1 aliphatic heterocycles. The topological polar surface area (TPSA) is 50.8 Å². The average molecular weight is 465 g/mol. The van der Waals surface area contributed by atoms with Crippen LogP contribution in [-0.4, -0.2) is 31.7 Å². The summed E-state index contributed by atoms with van der Waals surface area (Å²) in [6.07, 6.45) is -2.50. The van der Waals surface area contributed by atoms with Crippen LogP contribution in [0.2, 0.25) is 0 Å². The minimum atomic E-state index is -2.99. The van der Waals surface area contributed by atoms with E-state index in [4.69, 9.17) is 17.7 Å². The van der Waals surface area contributed by atoms with Crippen LogP contribution in [0.3, 0.4) is 0 Å². The molecule has 5 heteroatoms. The SMILES string of the molecule is [2H]C([2H])(OCc1ccccc1)C([2H])([2H])C([2H])([2H])N1CCc2cc(C[C@@H](C)NC(=O)OCc3ccccc3)ccc21. The van der Waals surface area contributed by atoms with Crippen LogP contribution in [0.25, 0.3) is 0 Å². The number of fused-ring (bicyclic) bond motifs is 1. The van der Waals surface area contributed by atoms with Crippen LogP contribution < -0.4 is 10.2 Å². The Kier molecular flexibility index (Phi) is 6.18. The second kappa shape index (κ2) is 12.2. The van der Waals surface area contributed by atoms with Gasteiger partial charge in [-0.15, -0.1) is 0 Å². The molecule has 0 saturated heterocycles. The lowest BCUT2D eigenvalue weighted by Crippen LogP contribution is -2.34. The molecule has 1 amide bonds. The lowest BCUT2D eigenvalue weighted by Gasteiger charge is -2.20. The maximum Gasteiger partial charge on any atom is 0.407 e. The molecule has 3 aromatic rings. The van der Waals surface area contributed by atoms with Crippen molar-refractivity contribution in [2.45, 2.75) is 45.4 Å². The molecule has 0 radical (unpaired) electrons. The predicted octanol–water partition coefficient (Wildman–Crippen LogP) is 5.51. The molecule has 1 atom stereocenters. The molecule has 1 heterocycles. The zero-order chi connectivity index (χ0) is 29.0. The second-order valence-corrected chi connectivity index (χ2v) is 8.29. The number of amides is 1. The van der Waals surface area contributed by atoms with Gasteiger partial charge in [-0.05, 0) is 54.5 Å². The normalized spacial score (nSPS) is 17.3. The smallest absolute Gasteiger partial charge is 0.407 e. The van der Waals surface area contributed by atoms with E-state index in [1.807, 2.05) is 55.5 Å². The zero-order valence-corrected chi connectivity index (χ0v) is 19.3. The summed E-state index contributed by atoms with van der Waals surface area (Å²) >= 11 is 0. The largest absolute Gasteiger partial charge is 0.445 e. The van der Waals surface area contributed by atoms with E-state index in [0.29, 0.717) is 24.1 Å². The average Bonchev–Trinajstić information content (AvgIpc) is 3.36. The van der Waals surface area contributed by atoms with Crippen molar-refractivity contribution in [2.75, 3.05) is 24.5 Å². The number of ether oxygens (including phenoxy) is 2. The molecule has 5 nitrogen and oxygen atoms in total. The van der Waals surface area contributed by atoms with Gasteiger partial charge in [-0.25, -0.2) is 4.79 Å². The molecule has 0 aliphatic carbocycles. The van der Waals surface area contributed by atoms with Crippen molar-refractivity contribution >= 4 is 11.8 Å². The van der Waals surface area contributed by atoms with Crippen molar-refractivity contribution in [1.29, 1.82) is 0 Å². The summed E-state index contributed by atoms with van der Waals surface area (Å²) in [7, 11) is 0. The Hall–Kier alpha value is -3.31. The molecule has 0 spiro atoms. The quantitative estimate of drug-likeness (QED) is 0.406. The van der Waals surface area contributed by atoms with Crippen molar-refractivity contribution in [3.63, 3.8) is 0 Å². The van der Waals surface area contributed by atoms with Gasteiger partial charge in [0.05, 0.1) is 9.35 Å². The Morgan fingerprint density at radius 3 is 2.44 bits per heavy atom. The first-order valence-electron chi connectivity index (χ1n) is 14.5. The van der Waals surface area contributed by atoms with E-state index >= 15 is 0 Å². The van der Waals surface area contributed by atoms with Crippen molar-refractivity contribution in [3.8, 4) is 0 Å². The number of alkyl carbamates (subject to hydrolysis) is 1. The minimum Gasteiger partial charge on any atom is -0.445 e. The van der Waals surface area contributed by atoms with Crippen LogP contribution in [-0.2, 0) is 35.5 Å². The van der Waals surface area contributed by atoms with Crippen molar-refractivity contribution in [3.05, 3.63) is 101 Å². The molecule has 178 valence electrons. The number of benzene rings is 3. The zero-order valence-electron chi connectivity index (χ0n) is 25.3. The summed E-state index contributed by atoms with van der Waals surface area (Å²) in [5.74, 6) is 0. The number of hydrogen-bond acceptors (Lipinski definition) is 4. The summed E-state index contributed by atoms with van der Waals surface area (Å²) < 4.78 is 61.5. The summed E-state index contributed by atoms with van der Waals surface area (Å²) in [6.45, 7) is -3.54. The van der Waals surface area contributed by atoms with E-state index in [1.54, 1.807) is 30.3 Å². The first kappa shape index (κ1) is 17.2. The highest BCUT2D eigenvalue weighted by Crippen LogP contribution is 2.29. The molecule has 1 aliphatic rings. The predicted molar refractivity (Wildman–Crippen MR) is 136 cm³/mol. The van der Waals surface area contributed by atoms with Gasteiger partial charge in [0.2, 0.25) is 0 Å². The van der Waals surface area contributed by atoms with Crippen molar-refractivity contribution < 1.29 is 22.5 Å². The number of carbonyl (C=O) groups is 1. The second-order valence-electron chi connectivity index (χ2n) is 8.29. The van der Waals surface area contributed by atoms with Crippen molar-refractivity contribution in [2.24, 2.45) is 0 Å². The number of anilines is 1. The van der Waals surface area contributed by atoms with Gasteiger partial charge in [0.15, 0.2) is 0 Å². The van der Waals surface area contributed by atoms with E-state index in [-0.39, 0.29) is 25.8 Å². The fraction of sp³-hybridized carbons (Fsp3) is 0.345. The molecule has 3 aromatic carbocycles. The minimum absolute atomic E-state index is 0.179. The maximum atomic E-state index is 12.2. The summed E-state index contributed by atoms with van der Waals surface area (Å²) in [5.41, 5.74) is 3.84. The van der Waals surface area contributed by atoms with Crippen LogP contribution in [0.5, 0.6) is 0 Å².